The van der Waals surface area contributed by atoms with Crippen molar-refractivity contribution in [2.24, 2.45) is 0 Å². The van der Waals surface area contributed by atoms with Gasteiger partial charge in [-0.1, -0.05) is 17.7 Å². The second kappa shape index (κ2) is 7.88. The Balaban J connectivity index is 1.62. The first-order valence-corrected chi connectivity index (χ1v) is 10.3. The van der Waals surface area contributed by atoms with Crippen LogP contribution in [0.4, 0.5) is 4.39 Å². The number of piperazine rings is 1. The van der Waals surface area contributed by atoms with Gasteiger partial charge in [0.15, 0.2) is 5.78 Å². The van der Waals surface area contributed by atoms with E-state index in [1.54, 1.807) is 19.1 Å². The number of carbonyl (C=O) groups excluding carboxylic acids is 1. The third kappa shape index (κ3) is 4.43. The maximum absolute atomic E-state index is 13.0. The highest BCUT2D eigenvalue weighted by Gasteiger charge is 2.30. The highest BCUT2D eigenvalue weighted by atomic mass is 32.2. The quantitative estimate of drug-likeness (QED) is 0.737. The van der Waals surface area contributed by atoms with Crippen LogP contribution in [0.3, 0.4) is 0 Å². The molecule has 0 unspecified atom stereocenters. The molecule has 3 rings (SSSR count). The summed E-state index contributed by atoms with van der Waals surface area (Å²) in [6.07, 6.45) is 0. The first kappa shape index (κ1) is 19.7. The van der Waals surface area contributed by atoms with Gasteiger partial charge < -0.3 is 0 Å². The lowest BCUT2D eigenvalue weighted by Gasteiger charge is -2.33. The molecule has 0 amide bonds. The van der Waals surface area contributed by atoms with Gasteiger partial charge in [0.05, 0.1) is 11.4 Å². The lowest BCUT2D eigenvalue weighted by atomic mass is 10.1. The zero-order valence-corrected chi connectivity index (χ0v) is 16.3. The fourth-order valence-electron chi connectivity index (χ4n) is 3.29. The summed E-state index contributed by atoms with van der Waals surface area (Å²) in [5.41, 5.74) is 2.22. The van der Waals surface area contributed by atoms with Gasteiger partial charge in [0.2, 0.25) is 10.0 Å². The Labute approximate surface area is 159 Å². The Morgan fingerprint density at radius 1 is 1.00 bits per heavy atom. The number of benzene rings is 2. The van der Waals surface area contributed by atoms with E-state index in [2.05, 4.69) is 0 Å². The summed E-state index contributed by atoms with van der Waals surface area (Å²) in [5, 5.41) is 0. The third-order valence-corrected chi connectivity index (χ3v) is 6.87. The summed E-state index contributed by atoms with van der Waals surface area (Å²) >= 11 is 0. The molecule has 1 fully saturated rings. The summed E-state index contributed by atoms with van der Waals surface area (Å²) in [5.74, 6) is -0.475. The largest absolute Gasteiger partial charge is 0.293 e. The molecule has 144 valence electrons. The minimum absolute atomic E-state index is 0.0966. The van der Waals surface area contributed by atoms with Gasteiger partial charge in [-0.05, 0) is 49.7 Å². The summed E-state index contributed by atoms with van der Waals surface area (Å²) in [6.45, 7) is 5.58. The number of halogens is 1. The van der Waals surface area contributed by atoms with Gasteiger partial charge in [0.25, 0.3) is 0 Å². The molecule has 0 aromatic heterocycles. The number of rotatable bonds is 5. The minimum atomic E-state index is -3.54. The van der Waals surface area contributed by atoms with Crippen LogP contribution in [-0.2, 0) is 10.0 Å². The molecule has 0 saturated carbocycles. The second-order valence-electron chi connectivity index (χ2n) is 6.88. The van der Waals surface area contributed by atoms with Gasteiger partial charge in [0, 0.05) is 31.7 Å². The van der Waals surface area contributed by atoms with Crippen molar-refractivity contribution < 1.29 is 17.6 Å². The maximum Gasteiger partial charge on any atom is 0.243 e. The van der Waals surface area contributed by atoms with Crippen LogP contribution in [0.15, 0.2) is 47.4 Å². The average Bonchev–Trinajstić information content (AvgIpc) is 2.62. The molecule has 2 aromatic rings. The first-order chi connectivity index (χ1) is 12.8. The second-order valence-corrected chi connectivity index (χ2v) is 8.79. The van der Waals surface area contributed by atoms with E-state index >= 15 is 0 Å². The molecule has 7 heteroatoms. The van der Waals surface area contributed by atoms with Gasteiger partial charge in [-0.25, -0.2) is 12.8 Å². The molecule has 2 aromatic carbocycles. The van der Waals surface area contributed by atoms with Crippen molar-refractivity contribution in [1.82, 2.24) is 9.21 Å². The normalized spacial score (nSPS) is 16.4. The number of sulfonamides is 1. The standard InChI is InChI=1S/C20H23FN2O3S/c1-15-3-8-20(16(2)13-15)27(25,26)23-11-9-22(10-12-23)14-19(24)17-4-6-18(21)7-5-17/h3-8,13H,9-12,14H2,1-2H3. The van der Waals surface area contributed by atoms with Gasteiger partial charge in [0.1, 0.15) is 5.82 Å². The number of hydrogen-bond donors (Lipinski definition) is 0. The molecule has 1 saturated heterocycles. The van der Waals surface area contributed by atoms with Crippen molar-refractivity contribution >= 4 is 15.8 Å². The fourth-order valence-corrected chi connectivity index (χ4v) is 4.91. The molecule has 1 aliphatic heterocycles. The van der Waals surface area contributed by atoms with E-state index in [9.17, 15) is 17.6 Å². The van der Waals surface area contributed by atoms with E-state index in [0.29, 0.717) is 36.6 Å². The molecule has 0 aliphatic carbocycles. The van der Waals surface area contributed by atoms with Crippen LogP contribution in [0.1, 0.15) is 21.5 Å². The number of ketones is 1. The molecule has 0 N–H and O–H groups in total. The number of hydrogen-bond acceptors (Lipinski definition) is 4. The van der Waals surface area contributed by atoms with Crippen molar-refractivity contribution in [3.63, 3.8) is 0 Å². The number of aryl methyl sites for hydroxylation is 2. The Morgan fingerprint density at radius 3 is 2.22 bits per heavy atom. The zero-order valence-electron chi connectivity index (χ0n) is 15.5. The Kier molecular flexibility index (Phi) is 5.74. The number of Topliss-reactive ketones (excluding diaryl/α,β-unsaturated/α-hetero) is 1. The highest BCUT2D eigenvalue weighted by molar-refractivity contribution is 7.89. The predicted molar refractivity (Wildman–Crippen MR) is 102 cm³/mol. The number of nitrogens with zero attached hydrogens (tertiary/aromatic N) is 2. The summed E-state index contributed by atoms with van der Waals surface area (Å²) in [7, 11) is -3.54. The molecule has 0 atom stereocenters. The van der Waals surface area contributed by atoms with Crippen LogP contribution in [-0.4, -0.2) is 56.1 Å². The van der Waals surface area contributed by atoms with E-state index in [1.807, 2.05) is 17.9 Å². The van der Waals surface area contributed by atoms with Crippen molar-refractivity contribution in [3.05, 3.63) is 65.0 Å². The highest BCUT2D eigenvalue weighted by Crippen LogP contribution is 2.22. The zero-order chi connectivity index (χ0) is 19.6. The van der Waals surface area contributed by atoms with E-state index in [-0.39, 0.29) is 18.1 Å². The van der Waals surface area contributed by atoms with Crippen molar-refractivity contribution in [1.29, 1.82) is 0 Å². The van der Waals surface area contributed by atoms with E-state index in [4.69, 9.17) is 0 Å². The lowest BCUT2D eigenvalue weighted by Crippen LogP contribution is -2.49. The molecular weight excluding hydrogens is 367 g/mol. The van der Waals surface area contributed by atoms with E-state index in [0.717, 1.165) is 11.1 Å². The van der Waals surface area contributed by atoms with Gasteiger partial charge >= 0.3 is 0 Å². The van der Waals surface area contributed by atoms with Crippen molar-refractivity contribution in [2.75, 3.05) is 32.7 Å². The summed E-state index contributed by atoms with van der Waals surface area (Å²) in [6, 6.07) is 10.8. The molecule has 0 bridgehead atoms. The minimum Gasteiger partial charge on any atom is -0.293 e. The SMILES string of the molecule is Cc1ccc(S(=O)(=O)N2CCN(CC(=O)c3ccc(F)cc3)CC2)c(C)c1. The molecule has 27 heavy (non-hydrogen) atoms. The van der Waals surface area contributed by atoms with Crippen LogP contribution in [0.5, 0.6) is 0 Å². The molecule has 1 aliphatic rings. The van der Waals surface area contributed by atoms with Gasteiger partial charge in [-0.15, -0.1) is 0 Å². The van der Waals surface area contributed by atoms with Crippen LogP contribution < -0.4 is 0 Å². The van der Waals surface area contributed by atoms with Crippen molar-refractivity contribution in [2.45, 2.75) is 18.7 Å². The van der Waals surface area contributed by atoms with E-state index < -0.39 is 10.0 Å². The molecule has 0 spiro atoms. The van der Waals surface area contributed by atoms with Gasteiger partial charge in [-0.2, -0.15) is 4.31 Å². The van der Waals surface area contributed by atoms with E-state index in [1.165, 1.54) is 28.6 Å². The average molecular weight is 390 g/mol. The molecule has 0 radical (unpaired) electrons. The van der Waals surface area contributed by atoms with Crippen LogP contribution in [0.2, 0.25) is 0 Å². The molecule has 1 heterocycles. The predicted octanol–water partition coefficient (Wildman–Crippen LogP) is 2.63. The van der Waals surface area contributed by atoms with Crippen LogP contribution in [0, 0.1) is 19.7 Å². The fraction of sp³-hybridized carbons (Fsp3) is 0.350. The van der Waals surface area contributed by atoms with Crippen molar-refractivity contribution in [3.8, 4) is 0 Å². The smallest absolute Gasteiger partial charge is 0.243 e. The topological polar surface area (TPSA) is 57.7 Å². The summed E-state index contributed by atoms with van der Waals surface area (Å²) < 4.78 is 40.3. The summed E-state index contributed by atoms with van der Waals surface area (Å²) in [4.78, 5) is 14.6. The lowest BCUT2D eigenvalue weighted by molar-refractivity contribution is 0.0901. The molecular formula is C20H23FN2O3S. The van der Waals surface area contributed by atoms with Gasteiger partial charge in [-0.3, -0.25) is 9.69 Å². The third-order valence-electron chi connectivity index (χ3n) is 4.81. The molecule has 5 nitrogen and oxygen atoms in total. The maximum atomic E-state index is 13.0. The first-order valence-electron chi connectivity index (χ1n) is 8.86. The monoisotopic (exact) mass is 390 g/mol. The Morgan fingerprint density at radius 2 is 1.63 bits per heavy atom. The van der Waals surface area contributed by atoms with Crippen LogP contribution in [0.25, 0.3) is 0 Å². The number of carbonyl (C=O) groups is 1. The van der Waals surface area contributed by atoms with Crippen LogP contribution >= 0.6 is 0 Å². The Hall–Kier alpha value is -2.09. The Bertz CT molecular complexity index is 934.